The summed E-state index contributed by atoms with van der Waals surface area (Å²) in [5, 5.41) is 12.5. The number of piperidine rings is 1. The van der Waals surface area contributed by atoms with Crippen LogP contribution in [0.2, 0.25) is 0 Å². The standard InChI is InChI=1S/C15H27N3/c1-2-3-13-6-9-18(10-7-13)11-8-15(12-16)17-14-4-5-14/h13-15,17H,2-11H2,1H3. The van der Waals surface area contributed by atoms with E-state index in [1.807, 2.05) is 0 Å². The molecular formula is C15H27N3. The number of hydrogen-bond acceptors (Lipinski definition) is 3. The van der Waals surface area contributed by atoms with Crippen LogP contribution in [0.3, 0.4) is 0 Å². The lowest BCUT2D eigenvalue weighted by atomic mass is 9.92. The first-order chi connectivity index (χ1) is 8.81. The summed E-state index contributed by atoms with van der Waals surface area (Å²) in [7, 11) is 0. The molecule has 1 heterocycles. The SMILES string of the molecule is CCCC1CCN(CCC(C#N)NC2CC2)CC1. The van der Waals surface area contributed by atoms with E-state index in [9.17, 15) is 0 Å². The molecule has 1 atom stereocenters. The third-order valence-corrected chi connectivity index (χ3v) is 4.31. The largest absolute Gasteiger partial charge is 0.303 e. The van der Waals surface area contributed by atoms with Crippen molar-refractivity contribution in [1.82, 2.24) is 10.2 Å². The van der Waals surface area contributed by atoms with Gasteiger partial charge in [-0.2, -0.15) is 5.26 Å². The van der Waals surface area contributed by atoms with E-state index in [4.69, 9.17) is 5.26 Å². The molecule has 1 saturated carbocycles. The summed E-state index contributed by atoms with van der Waals surface area (Å²) in [5.74, 6) is 0.961. The molecule has 0 spiro atoms. The van der Waals surface area contributed by atoms with Gasteiger partial charge in [-0.3, -0.25) is 5.32 Å². The second-order valence-electron chi connectivity index (χ2n) is 5.98. The van der Waals surface area contributed by atoms with Gasteiger partial charge in [0.2, 0.25) is 0 Å². The Morgan fingerprint density at radius 1 is 1.28 bits per heavy atom. The summed E-state index contributed by atoms with van der Waals surface area (Å²) in [6, 6.07) is 3.12. The van der Waals surface area contributed by atoms with Crippen LogP contribution in [0.5, 0.6) is 0 Å². The minimum absolute atomic E-state index is 0.0749. The van der Waals surface area contributed by atoms with E-state index in [1.54, 1.807) is 0 Å². The van der Waals surface area contributed by atoms with Crippen molar-refractivity contribution in [1.29, 1.82) is 5.26 Å². The van der Waals surface area contributed by atoms with E-state index in [2.05, 4.69) is 23.2 Å². The second-order valence-corrected chi connectivity index (χ2v) is 5.98. The maximum absolute atomic E-state index is 9.11. The molecule has 2 fully saturated rings. The van der Waals surface area contributed by atoms with Crippen molar-refractivity contribution in [2.24, 2.45) is 5.92 Å². The fourth-order valence-corrected chi connectivity index (χ4v) is 2.94. The van der Waals surface area contributed by atoms with Gasteiger partial charge in [-0.1, -0.05) is 19.8 Å². The van der Waals surface area contributed by atoms with Crippen LogP contribution in [0.15, 0.2) is 0 Å². The lowest BCUT2D eigenvalue weighted by Crippen LogP contribution is -2.38. The number of nitrogens with one attached hydrogen (secondary N) is 1. The quantitative estimate of drug-likeness (QED) is 0.753. The first kappa shape index (κ1) is 13.8. The minimum atomic E-state index is 0.0749. The maximum atomic E-state index is 9.11. The lowest BCUT2D eigenvalue weighted by Gasteiger charge is -2.32. The van der Waals surface area contributed by atoms with Gasteiger partial charge < -0.3 is 4.90 Å². The molecule has 2 aliphatic rings. The highest BCUT2D eigenvalue weighted by Gasteiger charge is 2.25. The van der Waals surface area contributed by atoms with E-state index in [0.29, 0.717) is 6.04 Å². The van der Waals surface area contributed by atoms with Crippen molar-refractivity contribution in [3.8, 4) is 6.07 Å². The van der Waals surface area contributed by atoms with Gasteiger partial charge in [0.1, 0.15) is 0 Å². The summed E-state index contributed by atoms with van der Waals surface area (Å²) in [6.45, 7) is 5.86. The van der Waals surface area contributed by atoms with Crippen LogP contribution in [-0.4, -0.2) is 36.6 Å². The van der Waals surface area contributed by atoms with Crippen LogP contribution in [0, 0.1) is 17.2 Å². The van der Waals surface area contributed by atoms with Crippen LogP contribution in [0.25, 0.3) is 0 Å². The molecule has 0 bridgehead atoms. The molecule has 1 N–H and O–H groups in total. The summed E-state index contributed by atoms with van der Waals surface area (Å²) in [6.07, 6.45) is 8.97. The number of nitriles is 1. The van der Waals surface area contributed by atoms with Crippen LogP contribution in [-0.2, 0) is 0 Å². The lowest BCUT2D eigenvalue weighted by molar-refractivity contribution is 0.174. The number of hydrogen-bond donors (Lipinski definition) is 1. The number of likely N-dealkylation sites (tertiary alicyclic amines) is 1. The molecule has 1 aliphatic heterocycles. The van der Waals surface area contributed by atoms with Crippen LogP contribution < -0.4 is 5.32 Å². The Labute approximate surface area is 112 Å². The Bertz CT molecular complexity index is 272. The third-order valence-electron chi connectivity index (χ3n) is 4.31. The monoisotopic (exact) mass is 249 g/mol. The molecular weight excluding hydrogens is 222 g/mol. The Kier molecular flexibility index (Phi) is 5.46. The average molecular weight is 249 g/mol. The summed E-state index contributed by atoms with van der Waals surface area (Å²) in [5.41, 5.74) is 0. The third kappa shape index (κ3) is 4.59. The molecule has 102 valence electrons. The van der Waals surface area contributed by atoms with Crippen molar-refractivity contribution in [3.05, 3.63) is 0 Å². The van der Waals surface area contributed by atoms with E-state index in [-0.39, 0.29) is 6.04 Å². The maximum Gasteiger partial charge on any atom is 0.0967 e. The zero-order valence-electron chi connectivity index (χ0n) is 11.7. The Hall–Kier alpha value is -0.590. The molecule has 18 heavy (non-hydrogen) atoms. The first-order valence-electron chi connectivity index (χ1n) is 7.69. The fraction of sp³-hybridized carbons (Fsp3) is 0.933. The molecule has 1 unspecified atom stereocenters. The zero-order valence-corrected chi connectivity index (χ0v) is 11.7. The van der Waals surface area contributed by atoms with Gasteiger partial charge in [0.15, 0.2) is 0 Å². The van der Waals surface area contributed by atoms with Gasteiger partial charge in [-0.15, -0.1) is 0 Å². The van der Waals surface area contributed by atoms with Gasteiger partial charge in [-0.05, 0) is 51.1 Å². The van der Waals surface area contributed by atoms with Crippen molar-refractivity contribution in [2.75, 3.05) is 19.6 Å². The normalized spacial score (nSPS) is 23.8. The predicted molar refractivity (Wildman–Crippen MR) is 74.2 cm³/mol. The molecule has 1 aliphatic carbocycles. The fourth-order valence-electron chi connectivity index (χ4n) is 2.94. The van der Waals surface area contributed by atoms with Crippen molar-refractivity contribution in [2.45, 2.75) is 64.0 Å². The Morgan fingerprint density at radius 3 is 2.56 bits per heavy atom. The molecule has 1 saturated heterocycles. The molecule has 0 aromatic carbocycles. The minimum Gasteiger partial charge on any atom is -0.303 e. The first-order valence-corrected chi connectivity index (χ1v) is 7.69. The van der Waals surface area contributed by atoms with Gasteiger partial charge >= 0.3 is 0 Å². The smallest absolute Gasteiger partial charge is 0.0967 e. The van der Waals surface area contributed by atoms with Gasteiger partial charge in [-0.25, -0.2) is 0 Å². The van der Waals surface area contributed by atoms with E-state index < -0.39 is 0 Å². The van der Waals surface area contributed by atoms with Crippen LogP contribution in [0.4, 0.5) is 0 Å². The molecule has 0 aromatic heterocycles. The van der Waals surface area contributed by atoms with Crippen molar-refractivity contribution in [3.63, 3.8) is 0 Å². The van der Waals surface area contributed by atoms with Gasteiger partial charge in [0.25, 0.3) is 0 Å². The highest BCUT2D eigenvalue weighted by molar-refractivity contribution is 4.96. The molecule has 2 rings (SSSR count). The zero-order chi connectivity index (χ0) is 12.8. The van der Waals surface area contributed by atoms with Gasteiger partial charge in [0.05, 0.1) is 12.1 Å². The Balaban J connectivity index is 1.60. The van der Waals surface area contributed by atoms with Crippen molar-refractivity contribution < 1.29 is 0 Å². The van der Waals surface area contributed by atoms with E-state index in [1.165, 1.54) is 51.6 Å². The summed E-state index contributed by atoms with van der Waals surface area (Å²) >= 11 is 0. The van der Waals surface area contributed by atoms with Gasteiger partial charge in [0, 0.05) is 12.6 Å². The van der Waals surface area contributed by atoms with Crippen molar-refractivity contribution >= 4 is 0 Å². The molecule has 0 amide bonds. The highest BCUT2D eigenvalue weighted by Crippen LogP contribution is 2.22. The highest BCUT2D eigenvalue weighted by atomic mass is 15.1. The second kappa shape index (κ2) is 7.11. The molecule has 3 nitrogen and oxygen atoms in total. The Morgan fingerprint density at radius 2 is 2.00 bits per heavy atom. The number of rotatable bonds is 7. The van der Waals surface area contributed by atoms with Crippen LogP contribution >= 0.6 is 0 Å². The number of nitrogens with zero attached hydrogens (tertiary/aromatic N) is 2. The molecule has 0 radical (unpaired) electrons. The average Bonchev–Trinajstić information content (AvgIpc) is 3.20. The molecule has 3 heteroatoms. The topological polar surface area (TPSA) is 39.1 Å². The summed E-state index contributed by atoms with van der Waals surface area (Å²) in [4.78, 5) is 2.55. The van der Waals surface area contributed by atoms with Crippen LogP contribution in [0.1, 0.15) is 51.9 Å². The molecule has 0 aromatic rings. The summed E-state index contributed by atoms with van der Waals surface area (Å²) < 4.78 is 0. The van der Waals surface area contributed by atoms with E-state index in [0.717, 1.165) is 18.9 Å². The predicted octanol–water partition coefficient (Wildman–Crippen LogP) is 2.53. The van der Waals surface area contributed by atoms with E-state index >= 15 is 0 Å².